The van der Waals surface area contributed by atoms with Crippen LogP contribution in [0.5, 0.6) is 0 Å². The Bertz CT molecular complexity index is 3110. The first-order chi connectivity index (χ1) is 33.4. The molecule has 3 radical (unpaired) electrons. The van der Waals surface area contributed by atoms with Gasteiger partial charge in [0.1, 0.15) is 17.5 Å². The summed E-state index contributed by atoms with van der Waals surface area (Å²) in [6.45, 7) is 18.3. The number of rotatable bonds is 6. The third kappa shape index (κ3) is 11.3. The zero-order valence-corrected chi connectivity index (χ0v) is 43.4. The van der Waals surface area contributed by atoms with Gasteiger partial charge >= 0.3 is 30.8 Å². The molecule has 6 aromatic carbocycles. The van der Waals surface area contributed by atoms with E-state index in [1.165, 1.54) is 41.8 Å². The zero-order chi connectivity index (χ0) is 51.9. The Kier molecular flexibility index (Phi) is 17.5. The number of carboxylic acids is 1. The Morgan fingerprint density at radius 3 is 1.41 bits per heavy atom. The number of methoxy groups -OCH3 is 1. The number of fused-ring (bicyclic) bond motifs is 3. The summed E-state index contributed by atoms with van der Waals surface area (Å²) in [4.78, 5) is 54.2. The minimum absolute atomic E-state index is 0. The van der Waals surface area contributed by atoms with Crippen LogP contribution in [0.4, 0.5) is 47.3 Å². The van der Waals surface area contributed by atoms with E-state index in [-0.39, 0.29) is 76.8 Å². The Labute approximate surface area is 441 Å². The molecule has 3 aliphatic heterocycles. The van der Waals surface area contributed by atoms with Crippen molar-refractivity contribution in [1.82, 2.24) is 0 Å². The second-order valence-electron chi connectivity index (χ2n) is 20.3. The molecule has 2 N–H and O–H groups in total. The van der Waals surface area contributed by atoms with Crippen LogP contribution in [0.1, 0.15) is 122 Å². The quantitative estimate of drug-likeness (QED) is 0.125. The molecule has 3 aliphatic rings. The number of hydrogen-bond donors (Lipinski definition) is 2. The molecule has 0 unspecified atom stereocenters. The largest absolute Gasteiger partial charge is 1.00 e. The molecule has 3 heterocycles. The summed E-state index contributed by atoms with van der Waals surface area (Å²) in [5, 5.41) is 18.6. The van der Waals surface area contributed by atoms with E-state index >= 15 is 0 Å². The van der Waals surface area contributed by atoms with Gasteiger partial charge in [0.05, 0.1) is 47.6 Å². The van der Waals surface area contributed by atoms with Crippen molar-refractivity contribution >= 4 is 66.3 Å². The molecule has 0 saturated heterocycles. The van der Waals surface area contributed by atoms with Gasteiger partial charge < -0.3 is 21.3 Å². The molecule has 0 spiro atoms. The number of aliphatic hydroxyl groups excluding tert-OH is 1. The van der Waals surface area contributed by atoms with Crippen LogP contribution in [0.3, 0.4) is 0 Å². The van der Waals surface area contributed by atoms with Crippen LogP contribution in [0, 0.1) is 38.2 Å². The zero-order valence-electron chi connectivity index (χ0n) is 44.4. The first-order valence-corrected chi connectivity index (χ1v) is 23.5. The maximum atomic E-state index is 14.5. The number of benzene rings is 6. The molecule has 10 nitrogen and oxygen atoms in total. The number of aliphatic hydroxyl groups is 1. The van der Waals surface area contributed by atoms with E-state index in [2.05, 4.69) is 42.5 Å². The van der Waals surface area contributed by atoms with Gasteiger partial charge in [0.15, 0.2) is 0 Å². The Morgan fingerprint density at radius 2 is 0.986 bits per heavy atom. The average Bonchev–Trinajstić information content (AvgIpc) is 3.30. The van der Waals surface area contributed by atoms with Crippen LogP contribution in [-0.2, 0) is 37.2 Å². The number of carbonyl (C=O) groups is 4. The molecule has 6 aromatic rings. The molecule has 2 amide bonds. The number of ether oxygens (including phenoxy) is 1. The Hall–Kier alpha value is -6.59. The number of carbonyl (C=O) groups excluding carboxylic acids is 3. The molecule has 0 fully saturated rings. The van der Waals surface area contributed by atoms with Crippen molar-refractivity contribution in [2.75, 3.05) is 28.4 Å². The maximum Gasteiger partial charge on any atom is 1.00 e. The fourth-order valence-corrected chi connectivity index (χ4v) is 9.79. The van der Waals surface area contributed by atoms with Gasteiger partial charge in [-0.1, -0.05) is 96.1 Å². The molecule has 9 rings (SSSR count). The fraction of sp³-hybridized carbons (Fsp3) is 0.310. The predicted octanol–water partition coefficient (Wildman–Crippen LogP) is 9.63. The number of anilines is 6. The van der Waals surface area contributed by atoms with Gasteiger partial charge in [-0.3, -0.25) is 19.4 Å². The Balaban J connectivity index is 0.000000236. The van der Waals surface area contributed by atoms with Crippen LogP contribution >= 0.6 is 0 Å². The van der Waals surface area contributed by atoms with Crippen molar-refractivity contribution in [3.05, 3.63) is 177 Å². The van der Waals surface area contributed by atoms with E-state index in [9.17, 15) is 42.6 Å². The van der Waals surface area contributed by atoms with Crippen LogP contribution in [0.2, 0.25) is 0 Å². The normalized spacial score (nSPS) is 15.6. The third-order valence-electron chi connectivity index (χ3n) is 13.9. The number of aryl methyl sites for hydroxylation is 3. The van der Waals surface area contributed by atoms with Crippen molar-refractivity contribution in [3.8, 4) is 0 Å². The van der Waals surface area contributed by atoms with Gasteiger partial charge in [0.2, 0.25) is 11.8 Å². The van der Waals surface area contributed by atoms with Crippen molar-refractivity contribution in [2.45, 2.75) is 104 Å². The fourth-order valence-electron chi connectivity index (χ4n) is 9.79. The van der Waals surface area contributed by atoms with Crippen molar-refractivity contribution in [1.29, 1.82) is 0 Å². The van der Waals surface area contributed by atoms with Gasteiger partial charge in [-0.25, -0.2) is 22.8 Å². The van der Waals surface area contributed by atoms with Crippen LogP contribution < -0.4 is 33.6 Å². The van der Waals surface area contributed by atoms with Gasteiger partial charge in [-0.05, 0) is 121 Å². The third-order valence-corrected chi connectivity index (χ3v) is 13.9. The van der Waals surface area contributed by atoms with Gasteiger partial charge in [0.25, 0.3) is 0 Å². The number of esters is 1. The molecular weight excluding hydrogens is 925 g/mol. The number of amides is 2. The predicted molar refractivity (Wildman–Crippen MR) is 278 cm³/mol. The number of aromatic carboxylic acids is 1. The molecule has 0 bridgehead atoms. The number of hydrogen-bond acceptors (Lipinski definition) is 7. The smallest absolute Gasteiger partial charge is 1.00 e. The molecule has 0 aliphatic carbocycles. The summed E-state index contributed by atoms with van der Waals surface area (Å²) in [5.74, 6) is -4.08. The summed E-state index contributed by atoms with van der Waals surface area (Å²) in [5.41, 5.74) is 8.46. The van der Waals surface area contributed by atoms with Crippen LogP contribution in [0.15, 0.2) is 109 Å². The van der Waals surface area contributed by atoms with Crippen LogP contribution in [-0.4, -0.2) is 56.0 Å². The number of nitrogens with zero attached hydrogens (tertiary/aromatic N) is 3. The summed E-state index contributed by atoms with van der Waals surface area (Å²) in [6, 6.07) is 31.8. The molecule has 0 aromatic heterocycles. The minimum Gasteiger partial charge on any atom is -1.00 e. The minimum atomic E-state index is -1.35. The van der Waals surface area contributed by atoms with Crippen molar-refractivity contribution in [2.24, 2.45) is 0 Å². The van der Waals surface area contributed by atoms with Crippen molar-refractivity contribution in [3.63, 3.8) is 0 Å². The molecule has 0 saturated carbocycles. The van der Waals surface area contributed by atoms with E-state index in [0.29, 0.717) is 33.8 Å². The van der Waals surface area contributed by atoms with E-state index < -0.39 is 40.0 Å². The molecule has 0 atom stereocenters. The maximum absolute atomic E-state index is 14.5. The second-order valence-corrected chi connectivity index (χ2v) is 20.3. The summed E-state index contributed by atoms with van der Waals surface area (Å²) in [6.07, 6.45) is 1.44. The number of halogens is 3. The SMILES string of the molecule is COC(=O)c1cc2c(cc1F)C(C)(C)CC(=O)N2c1ccccc1C.Cc1ccccc1N1C(=O)CC(C)(C)c2cc(F)c(C(=O)O)cc21.Cc1ccccc1N1CCC(C)(C)c2cc(F)c(CO)cc21.[B].[H-].[Li+]. The summed E-state index contributed by atoms with van der Waals surface area (Å²) < 4.78 is 47.5. The molecular formula is C58H61BF3LiN3O7. The van der Waals surface area contributed by atoms with Gasteiger partial charge in [-0.2, -0.15) is 0 Å². The first-order valence-electron chi connectivity index (χ1n) is 23.5. The van der Waals surface area contributed by atoms with E-state index in [1.54, 1.807) is 23.1 Å². The van der Waals surface area contributed by atoms with E-state index in [0.717, 1.165) is 46.7 Å². The number of carboxylic acid groups (broad SMARTS) is 1. The molecule has 73 heavy (non-hydrogen) atoms. The van der Waals surface area contributed by atoms with E-state index in [1.807, 2.05) is 96.1 Å². The second kappa shape index (κ2) is 22.3. The molecule has 375 valence electrons. The first kappa shape index (κ1) is 57.3. The van der Waals surface area contributed by atoms with Crippen molar-refractivity contribution < 1.29 is 67.6 Å². The van der Waals surface area contributed by atoms with Crippen LogP contribution in [0.25, 0.3) is 0 Å². The Morgan fingerprint density at radius 1 is 0.589 bits per heavy atom. The standard InChI is InChI=1S/C20H20FNO3.C19H18FNO3.C19H22FNO.B.Li.H/c1-12-7-5-6-8-16(12)22-17-9-13(19(24)25-4)15(21)10-14(17)20(2,3)11-18(22)23;1-11-6-4-5-7-15(11)21-16-8-12(18(23)24)14(20)9-13(16)19(2,3)10-17(21)22;1-13-6-4-5-7-17(13)21-9-8-19(2,3)15-11-16(20)14(12-22)10-18(15)21;;;/h5-10H,11H2,1-4H3;4-9H,10H2,1-3H3,(H,23,24);4-7,10-11,22H,8-9,12H2,1-3H3;;;/q;;;;+1;-1. The summed E-state index contributed by atoms with van der Waals surface area (Å²) >= 11 is 0. The topological polar surface area (TPSA) is 128 Å². The molecule has 15 heteroatoms. The van der Waals surface area contributed by atoms with Gasteiger partial charge in [-0.15, -0.1) is 0 Å². The number of para-hydroxylation sites is 3. The monoisotopic (exact) mass is 986 g/mol. The average molecular weight is 987 g/mol. The summed E-state index contributed by atoms with van der Waals surface area (Å²) in [7, 11) is 1.20. The van der Waals surface area contributed by atoms with E-state index in [4.69, 9.17) is 0 Å². The van der Waals surface area contributed by atoms with Gasteiger partial charge in [0, 0.05) is 55.6 Å².